The van der Waals surface area contributed by atoms with E-state index in [-0.39, 0.29) is 0 Å². The van der Waals surface area contributed by atoms with E-state index in [2.05, 4.69) is 50.2 Å². The molecule has 0 aliphatic carbocycles. The lowest BCUT2D eigenvalue weighted by atomic mass is 10.2. The van der Waals surface area contributed by atoms with Crippen molar-refractivity contribution in [2.24, 2.45) is 5.92 Å². The number of hydrogen-bond acceptors (Lipinski definition) is 4. The molecule has 1 rings (SSSR count). The highest BCUT2D eigenvalue weighted by Gasteiger charge is 2.12. The standard InChI is InChI=1S/C17H33N3S/c1-6-7-8-9-20(15(4)5)12-16-13-21-17(19-16)11-18-10-14(2)3/h13-15,18H,6-12H2,1-5H3. The summed E-state index contributed by atoms with van der Waals surface area (Å²) in [6, 6.07) is 0.589. The summed E-state index contributed by atoms with van der Waals surface area (Å²) in [5.41, 5.74) is 1.23. The minimum atomic E-state index is 0.589. The zero-order valence-corrected chi connectivity index (χ0v) is 15.3. The molecule has 21 heavy (non-hydrogen) atoms. The molecule has 0 amide bonds. The Balaban J connectivity index is 2.42. The number of hydrogen-bond donors (Lipinski definition) is 1. The first kappa shape index (κ1) is 18.6. The third-order valence-electron chi connectivity index (χ3n) is 3.57. The largest absolute Gasteiger partial charge is 0.310 e. The van der Waals surface area contributed by atoms with E-state index in [1.165, 1.54) is 36.5 Å². The molecule has 0 radical (unpaired) electrons. The zero-order chi connectivity index (χ0) is 15.7. The second-order valence-electron chi connectivity index (χ2n) is 6.53. The van der Waals surface area contributed by atoms with Crippen LogP contribution in [-0.4, -0.2) is 29.0 Å². The summed E-state index contributed by atoms with van der Waals surface area (Å²) < 4.78 is 0. The van der Waals surface area contributed by atoms with E-state index in [1.807, 2.05) is 0 Å². The summed E-state index contributed by atoms with van der Waals surface area (Å²) >= 11 is 1.78. The maximum Gasteiger partial charge on any atom is 0.107 e. The molecule has 0 spiro atoms. The molecule has 3 nitrogen and oxygen atoms in total. The zero-order valence-electron chi connectivity index (χ0n) is 14.5. The van der Waals surface area contributed by atoms with Gasteiger partial charge in [0.25, 0.3) is 0 Å². The van der Waals surface area contributed by atoms with Crippen LogP contribution in [0.3, 0.4) is 0 Å². The fourth-order valence-corrected chi connectivity index (χ4v) is 3.02. The molecule has 0 aliphatic rings. The second-order valence-corrected chi connectivity index (χ2v) is 7.47. The van der Waals surface area contributed by atoms with Gasteiger partial charge in [0.2, 0.25) is 0 Å². The first-order chi connectivity index (χ1) is 10.0. The van der Waals surface area contributed by atoms with Crippen LogP contribution < -0.4 is 5.32 Å². The highest BCUT2D eigenvalue weighted by atomic mass is 32.1. The number of aromatic nitrogens is 1. The minimum absolute atomic E-state index is 0.589. The molecule has 0 bridgehead atoms. The van der Waals surface area contributed by atoms with Crippen molar-refractivity contribution in [3.8, 4) is 0 Å². The van der Waals surface area contributed by atoms with E-state index < -0.39 is 0 Å². The van der Waals surface area contributed by atoms with Gasteiger partial charge in [0.1, 0.15) is 5.01 Å². The molecule has 4 heteroatoms. The van der Waals surface area contributed by atoms with Crippen molar-refractivity contribution in [1.82, 2.24) is 15.2 Å². The Kier molecular flexibility index (Phi) is 9.13. The van der Waals surface area contributed by atoms with E-state index in [4.69, 9.17) is 4.98 Å². The topological polar surface area (TPSA) is 28.2 Å². The Labute approximate surface area is 135 Å². The quantitative estimate of drug-likeness (QED) is 0.618. The molecule has 0 aromatic carbocycles. The molecule has 1 heterocycles. The molecule has 0 aliphatic heterocycles. The average Bonchev–Trinajstić information content (AvgIpc) is 2.85. The monoisotopic (exact) mass is 311 g/mol. The van der Waals surface area contributed by atoms with Gasteiger partial charge in [-0.2, -0.15) is 0 Å². The Morgan fingerprint density at radius 2 is 2.00 bits per heavy atom. The van der Waals surface area contributed by atoms with Crippen LogP contribution in [-0.2, 0) is 13.1 Å². The van der Waals surface area contributed by atoms with Gasteiger partial charge in [-0.1, -0.05) is 33.6 Å². The molecule has 0 fully saturated rings. The van der Waals surface area contributed by atoms with Crippen LogP contribution in [0.1, 0.15) is 64.6 Å². The maximum atomic E-state index is 4.77. The van der Waals surface area contributed by atoms with Crippen LogP contribution in [0, 0.1) is 5.92 Å². The fourth-order valence-electron chi connectivity index (χ4n) is 2.26. The van der Waals surface area contributed by atoms with Crippen molar-refractivity contribution in [2.75, 3.05) is 13.1 Å². The predicted molar refractivity (Wildman–Crippen MR) is 93.7 cm³/mol. The van der Waals surface area contributed by atoms with Crippen molar-refractivity contribution >= 4 is 11.3 Å². The van der Waals surface area contributed by atoms with Gasteiger partial charge in [0.05, 0.1) is 5.69 Å². The van der Waals surface area contributed by atoms with Crippen LogP contribution in [0.2, 0.25) is 0 Å². The minimum Gasteiger partial charge on any atom is -0.310 e. The summed E-state index contributed by atoms with van der Waals surface area (Å²) in [6.07, 6.45) is 3.90. The van der Waals surface area contributed by atoms with E-state index in [0.717, 1.165) is 19.6 Å². The lowest BCUT2D eigenvalue weighted by Gasteiger charge is -2.25. The molecule has 1 N–H and O–H groups in total. The van der Waals surface area contributed by atoms with E-state index in [9.17, 15) is 0 Å². The summed E-state index contributed by atoms with van der Waals surface area (Å²) in [7, 11) is 0. The molecular formula is C17H33N3S. The molecule has 0 saturated heterocycles. The van der Waals surface area contributed by atoms with Crippen LogP contribution in [0.15, 0.2) is 5.38 Å². The highest BCUT2D eigenvalue weighted by molar-refractivity contribution is 7.09. The van der Waals surface area contributed by atoms with E-state index >= 15 is 0 Å². The third-order valence-corrected chi connectivity index (χ3v) is 4.47. The maximum absolute atomic E-state index is 4.77. The van der Waals surface area contributed by atoms with E-state index in [1.54, 1.807) is 11.3 Å². The van der Waals surface area contributed by atoms with Crippen LogP contribution in [0.4, 0.5) is 0 Å². The second kappa shape index (κ2) is 10.3. The highest BCUT2D eigenvalue weighted by Crippen LogP contribution is 2.14. The first-order valence-corrected chi connectivity index (χ1v) is 9.28. The Morgan fingerprint density at radius 3 is 2.62 bits per heavy atom. The van der Waals surface area contributed by atoms with Crippen LogP contribution in [0.5, 0.6) is 0 Å². The van der Waals surface area contributed by atoms with Crippen LogP contribution in [0.25, 0.3) is 0 Å². The van der Waals surface area contributed by atoms with Gasteiger partial charge < -0.3 is 5.32 Å². The van der Waals surface area contributed by atoms with Gasteiger partial charge in [0.15, 0.2) is 0 Å². The van der Waals surface area contributed by atoms with Gasteiger partial charge in [0, 0.05) is 24.5 Å². The lowest BCUT2D eigenvalue weighted by Crippen LogP contribution is -2.31. The summed E-state index contributed by atoms with van der Waals surface area (Å²) in [6.45, 7) is 15.4. The summed E-state index contributed by atoms with van der Waals surface area (Å²) in [5.74, 6) is 0.694. The van der Waals surface area contributed by atoms with Gasteiger partial charge in [-0.05, 0) is 39.3 Å². The first-order valence-electron chi connectivity index (χ1n) is 8.41. The van der Waals surface area contributed by atoms with Crippen molar-refractivity contribution in [3.05, 3.63) is 16.1 Å². The molecular weight excluding hydrogens is 278 g/mol. The molecule has 122 valence electrons. The molecule has 0 atom stereocenters. The van der Waals surface area contributed by atoms with Gasteiger partial charge in [-0.15, -0.1) is 11.3 Å². The summed E-state index contributed by atoms with van der Waals surface area (Å²) in [5, 5.41) is 6.90. The van der Waals surface area contributed by atoms with Crippen molar-refractivity contribution < 1.29 is 0 Å². The van der Waals surface area contributed by atoms with Gasteiger partial charge in [-0.3, -0.25) is 4.90 Å². The van der Waals surface area contributed by atoms with Crippen molar-refractivity contribution in [3.63, 3.8) is 0 Å². The molecule has 1 aromatic rings. The number of unbranched alkanes of at least 4 members (excludes halogenated alkanes) is 2. The number of rotatable bonds is 11. The smallest absolute Gasteiger partial charge is 0.107 e. The summed E-state index contributed by atoms with van der Waals surface area (Å²) in [4.78, 5) is 7.31. The normalized spacial score (nSPS) is 12.0. The molecule has 0 unspecified atom stereocenters. The van der Waals surface area contributed by atoms with Crippen LogP contribution >= 0.6 is 11.3 Å². The van der Waals surface area contributed by atoms with Gasteiger partial charge in [-0.25, -0.2) is 4.98 Å². The third kappa shape index (κ3) is 7.93. The van der Waals surface area contributed by atoms with Crippen molar-refractivity contribution in [2.45, 2.75) is 73.0 Å². The predicted octanol–water partition coefficient (Wildman–Crippen LogP) is 4.29. The van der Waals surface area contributed by atoms with Gasteiger partial charge >= 0.3 is 0 Å². The Hall–Kier alpha value is -0.450. The lowest BCUT2D eigenvalue weighted by molar-refractivity contribution is 0.206. The number of nitrogens with one attached hydrogen (secondary N) is 1. The fraction of sp³-hybridized carbons (Fsp3) is 0.824. The van der Waals surface area contributed by atoms with E-state index in [0.29, 0.717) is 12.0 Å². The SMILES string of the molecule is CCCCCN(Cc1csc(CNCC(C)C)n1)C(C)C. The van der Waals surface area contributed by atoms with Crippen molar-refractivity contribution in [1.29, 1.82) is 0 Å². The Morgan fingerprint density at radius 1 is 1.24 bits per heavy atom. The molecule has 0 saturated carbocycles. The number of thiazole rings is 1. The molecule has 1 aromatic heterocycles. The average molecular weight is 312 g/mol. The number of nitrogens with zero attached hydrogens (tertiary/aromatic N) is 2. The Bertz CT molecular complexity index is 374.